The summed E-state index contributed by atoms with van der Waals surface area (Å²) in [5, 5.41) is 14.1. The van der Waals surface area contributed by atoms with E-state index in [1.165, 1.54) is 17.4 Å². The second-order valence-corrected chi connectivity index (χ2v) is 7.01. The highest BCUT2D eigenvalue weighted by atomic mass is 32.1. The summed E-state index contributed by atoms with van der Waals surface area (Å²) in [7, 11) is 0. The van der Waals surface area contributed by atoms with Gasteiger partial charge in [-0.3, -0.25) is 4.79 Å². The number of nitro groups is 1. The molecule has 0 aliphatic rings. The summed E-state index contributed by atoms with van der Waals surface area (Å²) in [5.41, 5.74) is 1.62. The summed E-state index contributed by atoms with van der Waals surface area (Å²) < 4.78 is 10.4. The second kappa shape index (κ2) is 9.27. The zero-order chi connectivity index (χ0) is 20.8. The Morgan fingerprint density at radius 2 is 2.00 bits per heavy atom. The lowest BCUT2D eigenvalue weighted by Gasteiger charge is -2.09. The molecular formula is C18H21N3O6S. The zero-order valence-electron chi connectivity index (χ0n) is 16.0. The summed E-state index contributed by atoms with van der Waals surface area (Å²) in [6.07, 6.45) is 0.615. The van der Waals surface area contributed by atoms with E-state index in [0.29, 0.717) is 22.7 Å². The lowest BCUT2D eigenvalue weighted by Crippen LogP contribution is -2.21. The highest BCUT2D eigenvalue weighted by Crippen LogP contribution is 2.34. The molecule has 0 radical (unpaired) electrons. The molecule has 0 saturated carbocycles. The van der Waals surface area contributed by atoms with Crippen LogP contribution in [0, 0.1) is 24.0 Å². The van der Waals surface area contributed by atoms with Crippen LogP contribution in [-0.4, -0.2) is 35.0 Å². The van der Waals surface area contributed by atoms with Gasteiger partial charge in [0.05, 0.1) is 12.2 Å². The fraction of sp³-hybridized carbons (Fsp3) is 0.389. The van der Waals surface area contributed by atoms with Crippen molar-refractivity contribution in [2.45, 2.75) is 34.1 Å². The van der Waals surface area contributed by atoms with Crippen molar-refractivity contribution >= 4 is 34.0 Å². The van der Waals surface area contributed by atoms with Crippen molar-refractivity contribution in [3.05, 3.63) is 43.9 Å². The van der Waals surface area contributed by atoms with Crippen LogP contribution in [0.1, 0.15) is 40.3 Å². The van der Waals surface area contributed by atoms with Gasteiger partial charge in [-0.2, -0.15) is 0 Å². The van der Waals surface area contributed by atoms with Crippen LogP contribution in [0.5, 0.6) is 5.75 Å². The number of aryl methyl sites for hydroxylation is 2. The van der Waals surface area contributed by atoms with E-state index in [4.69, 9.17) is 9.47 Å². The molecule has 0 spiro atoms. The van der Waals surface area contributed by atoms with E-state index in [1.54, 1.807) is 19.9 Å². The third-order valence-corrected chi connectivity index (χ3v) is 4.87. The molecule has 0 saturated heterocycles. The number of rotatable bonds is 8. The lowest BCUT2D eigenvalue weighted by molar-refractivity contribution is -0.390. The molecule has 2 heterocycles. The van der Waals surface area contributed by atoms with Crippen LogP contribution in [0.4, 0.5) is 10.8 Å². The Bertz CT molecular complexity index is 909. The molecular weight excluding hydrogens is 386 g/mol. The zero-order valence-corrected chi connectivity index (χ0v) is 16.8. The van der Waals surface area contributed by atoms with Gasteiger partial charge in [0.1, 0.15) is 10.7 Å². The van der Waals surface area contributed by atoms with E-state index < -0.39 is 29.2 Å². The first kappa shape index (κ1) is 21.3. The molecule has 28 heavy (non-hydrogen) atoms. The number of aromatic nitrogens is 1. The van der Waals surface area contributed by atoms with Crippen LogP contribution >= 0.6 is 11.3 Å². The van der Waals surface area contributed by atoms with Crippen molar-refractivity contribution in [2.24, 2.45) is 0 Å². The third-order valence-electron chi connectivity index (χ3n) is 3.81. The minimum Gasteiger partial charge on any atom is -0.476 e. The van der Waals surface area contributed by atoms with Crippen molar-refractivity contribution < 1.29 is 24.0 Å². The number of hydrogen-bond donors (Lipinski definition) is 1. The predicted molar refractivity (Wildman–Crippen MR) is 104 cm³/mol. The molecule has 9 nitrogen and oxygen atoms in total. The Morgan fingerprint density at radius 1 is 1.29 bits per heavy atom. The molecule has 2 aromatic heterocycles. The standard InChI is InChI=1S/C18H21N3O6S/c1-5-12-11(4)28-17(15(12)18(23)26-6-2)20-14(22)9-27-13-8-7-10(3)19-16(13)21(24)25/h7-8H,5-6,9H2,1-4H3,(H,20,22). The smallest absolute Gasteiger partial charge is 0.406 e. The van der Waals surface area contributed by atoms with Crippen molar-refractivity contribution in [1.82, 2.24) is 4.98 Å². The number of thiophene rings is 1. The summed E-state index contributed by atoms with van der Waals surface area (Å²) in [6.45, 7) is 6.85. The number of anilines is 1. The summed E-state index contributed by atoms with van der Waals surface area (Å²) in [6, 6.07) is 2.94. The van der Waals surface area contributed by atoms with Gasteiger partial charge in [-0.1, -0.05) is 6.92 Å². The summed E-state index contributed by atoms with van der Waals surface area (Å²) >= 11 is 1.27. The van der Waals surface area contributed by atoms with Crippen LogP contribution in [-0.2, 0) is 16.0 Å². The van der Waals surface area contributed by atoms with Crippen LogP contribution in [0.25, 0.3) is 0 Å². The Labute approximate surface area is 165 Å². The van der Waals surface area contributed by atoms with Gasteiger partial charge in [0.2, 0.25) is 5.75 Å². The Morgan fingerprint density at radius 3 is 2.61 bits per heavy atom. The monoisotopic (exact) mass is 407 g/mol. The second-order valence-electron chi connectivity index (χ2n) is 5.78. The number of esters is 1. The molecule has 1 amide bonds. The molecule has 0 aliphatic heterocycles. The Balaban J connectivity index is 2.16. The van der Waals surface area contributed by atoms with Gasteiger partial charge in [0.25, 0.3) is 5.91 Å². The lowest BCUT2D eigenvalue weighted by atomic mass is 10.1. The number of nitrogens with one attached hydrogen (secondary N) is 1. The maximum atomic E-state index is 12.3. The Hall–Kier alpha value is -3.01. The number of pyridine rings is 1. The molecule has 2 rings (SSSR count). The summed E-state index contributed by atoms with van der Waals surface area (Å²) in [5.74, 6) is -1.61. The van der Waals surface area contributed by atoms with E-state index in [2.05, 4.69) is 10.3 Å². The van der Waals surface area contributed by atoms with Crippen molar-refractivity contribution in [1.29, 1.82) is 0 Å². The average Bonchev–Trinajstić information content (AvgIpc) is 2.95. The third kappa shape index (κ3) is 4.83. The number of amides is 1. The molecule has 150 valence electrons. The SMILES string of the molecule is CCOC(=O)c1c(NC(=O)COc2ccc(C)nc2[N+](=O)[O-])sc(C)c1CC. The van der Waals surface area contributed by atoms with E-state index >= 15 is 0 Å². The van der Waals surface area contributed by atoms with Gasteiger partial charge >= 0.3 is 11.8 Å². The topological polar surface area (TPSA) is 121 Å². The van der Waals surface area contributed by atoms with Crippen molar-refractivity contribution in [3.8, 4) is 5.75 Å². The van der Waals surface area contributed by atoms with Crippen molar-refractivity contribution in [2.75, 3.05) is 18.5 Å². The fourth-order valence-corrected chi connectivity index (χ4v) is 3.74. The van der Waals surface area contributed by atoms with Gasteiger partial charge in [0, 0.05) is 11.8 Å². The van der Waals surface area contributed by atoms with Crippen LogP contribution in [0.15, 0.2) is 12.1 Å². The predicted octanol–water partition coefficient (Wildman–Crippen LogP) is 3.42. The first-order valence-electron chi connectivity index (χ1n) is 8.62. The molecule has 0 aliphatic carbocycles. The molecule has 1 N–H and O–H groups in total. The highest BCUT2D eigenvalue weighted by Gasteiger charge is 2.24. The van der Waals surface area contributed by atoms with Gasteiger partial charge in [0.15, 0.2) is 6.61 Å². The number of nitrogens with zero attached hydrogens (tertiary/aromatic N) is 2. The normalized spacial score (nSPS) is 10.4. The van der Waals surface area contributed by atoms with Crippen LogP contribution in [0.3, 0.4) is 0 Å². The number of ether oxygens (including phenoxy) is 2. The minimum atomic E-state index is -0.671. The largest absolute Gasteiger partial charge is 0.476 e. The number of carbonyl (C=O) groups excluding carboxylic acids is 2. The van der Waals surface area contributed by atoms with E-state index in [1.807, 2.05) is 13.8 Å². The molecule has 2 aromatic rings. The number of hydrogen-bond acceptors (Lipinski definition) is 8. The van der Waals surface area contributed by atoms with Crippen molar-refractivity contribution in [3.63, 3.8) is 0 Å². The molecule has 0 aromatic carbocycles. The highest BCUT2D eigenvalue weighted by molar-refractivity contribution is 7.16. The van der Waals surface area contributed by atoms with Crippen LogP contribution in [0.2, 0.25) is 0 Å². The maximum absolute atomic E-state index is 12.3. The van der Waals surface area contributed by atoms with E-state index in [0.717, 1.165) is 10.4 Å². The number of carbonyl (C=O) groups is 2. The van der Waals surface area contributed by atoms with Crippen LogP contribution < -0.4 is 10.1 Å². The first-order valence-corrected chi connectivity index (χ1v) is 9.44. The first-order chi connectivity index (χ1) is 13.3. The fourth-order valence-electron chi connectivity index (χ4n) is 2.59. The molecule has 0 bridgehead atoms. The quantitative estimate of drug-likeness (QED) is 0.404. The van der Waals surface area contributed by atoms with Gasteiger partial charge in [-0.15, -0.1) is 11.3 Å². The van der Waals surface area contributed by atoms with E-state index in [9.17, 15) is 19.7 Å². The molecule has 0 fully saturated rings. The molecule has 10 heteroatoms. The van der Waals surface area contributed by atoms with Gasteiger partial charge in [-0.25, -0.2) is 4.79 Å². The maximum Gasteiger partial charge on any atom is 0.406 e. The van der Waals surface area contributed by atoms with E-state index in [-0.39, 0.29) is 12.4 Å². The average molecular weight is 407 g/mol. The molecule has 0 unspecified atom stereocenters. The van der Waals surface area contributed by atoms with Gasteiger partial charge in [-0.05, 0) is 47.9 Å². The van der Waals surface area contributed by atoms with Gasteiger partial charge < -0.3 is 24.9 Å². The summed E-state index contributed by atoms with van der Waals surface area (Å²) in [4.78, 5) is 39.7. The molecule has 0 atom stereocenters. The Kier molecular flexibility index (Phi) is 7.05. The minimum absolute atomic E-state index is 0.104.